The van der Waals surface area contributed by atoms with Gasteiger partial charge in [-0.05, 0) is 55.3 Å². The highest BCUT2D eigenvalue weighted by atomic mass is 16.5. The predicted molar refractivity (Wildman–Crippen MR) is 117 cm³/mol. The van der Waals surface area contributed by atoms with E-state index in [1.807, 2.05) is 53.4 Å². The van der Waals surface area contributed by atoms with Gasteiger partial charge in [0.15, 0.2) is 5.65 Å². The van der Waals surface area contributed by atoms with Crippen LogP contribution in [0, 0.1) is 0 Å². The molecule has 1 aromatic carbocycles. The molecule has 1 saturated carbocycles. The summed E-state index contributed by atoms with van der Waals surface area (Å²) in [6.07, 6.45) is 9.06. The summed E-state index contributed by atoms with van der Waals surface area (Å²) in [5.41, 5.74) is 1.53. The van der Waals surface area contributed by atoms with Gasteiger partial charge in [0.2, 0.25) is 5.88 Å². The van der Waals surface area contributed by atoms with Crippen molar-refractivity contribution in [1.29, 1.82) is 0 Å². The summed E-state index contributed by atoms with van der Waals surface area (Å²) in [5, 5.41) is 14.8. The highest BCUT2D eigenvalue weighted by molar-refractivity contribution is 5.56. The Morgan fingerprint density at radius 2 is 1.91 bits per heavy atom. The van der Waals surface area contributed by atoms with Gasteiger partial charge in [-0.15, -0.1) is 0 Å². The largest absolute Gasteiger partial charge is 0.493 e. The van der Waals surface area contributed by atoms with Crippen LogP contribution in [0.2, 0.25) is 0 Å². The van der Waals surface area contributed by atoms with Crippen molar-refractivity contribution in [3.05, 3.63) is 82.0 Å². The number of hydrogen-bond acceptors (Lipinski definition) is 7. The summed E-state index contributed by atoms with van der Waals surface area (Å²) < 4.78 is 9.46. The molecule has 1 fully saturated rings. The SMILES string of the molecule is O=c1[nH]c(O)c(C=c2cnn3c(=NC4CC4)nc(Oc4ccc(-n5cccc5)cc4)nc23)[nH]1. The third kappa shape index (κ3) is 3.76. The molecule has 3 N–H and O–H groups in total. The normalized spacial score (nSPS) is 14.9. The molecule has 1 aliphatic rings. The first-order valence-electron chi connectivity index (χ1n) is 10.4. The van der Waals surface area contributed by atoms with E-state index in [4.69, 9.17) is 4.74 Å². The van der Waals surface area contributed by atoms with Gasteiger partial charge >= 0.3 is 11.7 Å². The van der Waals surface area contributed by atoms with E-state index in [1.165, 1.54) is 4.52 Å². The number of aromatic hydroxyl groups is 1. The Balaban J connectivity index is 1.43. The molecule has 0 spiro atoms. The van der Waals surface area contributed by atoms with Crippen LogP contribution >= 0.6 is 0 Å². The molecule has 0 atom stereocenters. The molecular formula is C22H18N8O3. The molecule has 11 nitrogen and oxygen atoms in total. The van der Waals surface area contributed by atoms with Crippen LogP contribution in [0.1, 0.15) is 18.5 Å². The molecule has 5 aromatic rings. The van der Waals surface area contributed by atoms with Gasteiger partial charge in [-0.2, -0.15) is 19.6 Å². The van der Waals surface area contributed by atoms with Crippen molar-refractivity contribution in [1.82, 2.24) is 34.1 Å². The summed E-state index contributed by atoms with van der Waals surface area (Å²) in [7, 11) is 0. The minimum absolute atomic E-state index is 0.123. The van der Waals surface area contributed by atoms with E-state index >= 15 is 0 Å². The molecule has 0 saturated heterocycles. The highest BCUT2D eigenvalue weighted by Gasteiger charge is 2.21. The lowest BCUT2D eigenvalue weighted by Crippen LogP contribution is -2.23. The lowest BCUT2D eigenvalue weighted by molar-refractivity contribution is 0.435. The lowest BCUT2D eigenvalue weighted by Gasteiger charge is -2.06. The fourth-order valence-corrected chi connectivity index (χ4v) is 3.41. The number of aromatic amines is 2. The first kappa shape index (κ1) is 19.0. The van der Waals surface area contributed by atoms with E-state index in [2.05, 4.69) is 30.0 Å². The molecule has 0 unspecified atom stereocenters. The number of imidazole rings is 1. The van der Waals surface area contributed by atoms with Crippen molar-refractivity contribution in [3.63, 3.8) is 0 Å². The third-order valence-corrected chi connectivity index (χ3v) is 5.19. The van der Waals surface area contributed by atoms with Crippen molar-refractivity contribution >= 4 is 11.7 Å². The van der Waals surface area contributed by atoms with E-state index in [9.17, 15) is 9.90 Å². The standard InChI is InChI=1S/C22H18N8O3/c31-19-17(25-21(32)27-19)11-13-12-23-30-18(13)26-22(28-20(30)24-14-3-4-14)33-16-7-5-15(6-8-16)29-9-1-2-10-29/h1-2,5-12,14,31H,3-4H2,(H2,25,27,32). The quantitative estimate of drug-likeness (QED) is 0.372. The molecule has 11 heteroatoms. The van der Waals surface area contributed by atoms with E-state index < -0.39 is 5.69 Å². The molecule has 6 rings (SSSR count). The van der Waals surface area contributed by atoms with Crippen LogP contribution in [0.5, 0.6) is 17.6 Å². The number of aromatic nitrogens is 7. The Bertz CT molecular complexity index is 1620. The van der Waals surface area contributed by atoms with Crippen LogP contribution in [0.15, 0.2) is 64.8 Å². The van der Waals surface area contributed by atoms with E-state index in [0.29, 0.717) is 22.2 Å². The monoisotopic (exact) mass is 442 g/mol. The molecule has 0 amide bonds. The maximum atomic E-state index is 11.5. The van der Waals surface area contributed by atoms with Gasteiger partial charge in [0.05, 0.1) is 12.2 Å². The number of nitrogens with zero attached hydrogens (tertiary/aromatic N) is 6. The van der Waals surface area contributed by atoms with Crippen LogP contribution in [-0.4, -0.2) is 45.3 Å². The van der Waals surface area contributed by atoms with Crippen molar-refractivity contribution < 1.29 is 9.84 Å². The fraction of sp³-hybridized carbons (Fsp3) is 0.136. The van der Waals surface area contributed by atoms with Gasteiger partial charge in [0, 0.05) is 23.3 Å². The zero-order valence-electron chi connectivity index (χ0n) is 17.2. The summed E-state index contributed by atoms with van der Waals surface area (Å²) in [4.78, 5) is 29.9. The highest BCUT2D eigenvalue weighted by Crippen LogP contribution is 2.23. The van der Waals surface area contributed by atoms with Crippen LogP contribution in [0.3, 0.4) is 0 Å². The van der Waals surface area contributed by atoms with Crippen LogP contribution in [-0.2, 0) is 0 Å². The lowest BCUT2D eigenvalue weighted by atomic mass is 10.3. The topological polar surface area (TPSA) is 138 Å². The number of fused-ring (bicyclic) bond motifs is 1. The third-order valence-electron chi connectivity index (χ3n) is 5.19. The van der Waals surface area contributed by atoms with Crippen molar-refractivity contribution in [2.24, 2.45) is 4.99 Å². The molecular weight excluding hydrogens is 424 g/mol. The molecule has 33 heavy (non-hydrogen) atoms. The minimum Gasteiger partial charge on any atom is -0.493 e. The first-order valence-corrected chi connectivity index (χ1v) is 10.4. The second-order valence-corrected chi connectivity index (χ2v) is 7.67. The maximum absolute atomic E-state index is 11.5. The average molecular weight is 442 g/mol. The van der Waals surface area contributed by atoms with Crippen LogP contribution in [0.25, 0.3) is 17.4 Å². The Labute approximate surface area is 185 Å². The molecule has 1 aliphatic carbocycles. The van der Waals surface area contributed by atoms with Gasteiger partial charge in [-0.3, -0.25) is 4.98 Å². The Morgan fingerprint density at radius 3 is 2.61 bits per heavy atom. The Morgan fingerprint density at radius 1 is 1.12 bits per heavy atom. The van der Waals surface area contributed by atoms with E-state index in [0.717, 1.165) is 18.5 Å². The summed E-state index contributed by atoms with van der Waals surface area (Å²) in [6.45, 7) is 0. The summed E-state index contributed by atoms with van der Waals surface area (Å²) >= 11 is 0. The molecule has 0 aliphatic heterocycles. The number of nitrogens with one attached hydrogen (secondary N) is 2. The molecule has 4 aromatic heterocycles. The maximum Gasteiger partial charge on any atom is 0.327 e. The molecule has 0 radical (unpaired) electrons. The zero-order chi connectivity index (χ0) is 22.4. The van der Waals surface area contributed by atoms with Crippen molar-refractivity contribution in [2.45, 2.75) is 18.9 Å². The van der Waals surface area contributed by atoms with Crippen LogP contribution < -0.4 is 21.3 Å². The van der Waals surface area contributed by atoms with Crippen LogP contribution in [0.4, 0.5) is 0 Å². The van der Waals surface area contributed by atoms with Gasteiger partial charge in [-0.1, -0.05) is 0 Å². The van der Waals surface area contributed by atoms with Gasteiger partial charge in [-0.25, -0.2) is 9.79 Å². The Hall–Kier alpha value is -4.67. The Kier molecular flexibility index (Phi) is 4.32. The second-order valence-electron chi connectivity index (χ2n) is 7.67. The van der Waals surface area contributed by atoms with Gasteiger partial charge < -0.3 is 19.4 Å². The summed E-state index contributed by atoms with van der Waals surface area (Å²) in [6, 6.07) is 11.8. The zero-order valence-corrected chi connectivity index (χ0v) is 17.2. The van der Waals surface area contributed by atoms with Crippen molar-refractivity contribution in [3.8, 4) is 23.3 Å². The van der Waals surface area contributed by atoms with Gasteiger partial charge in [0.1, 0.15) is 11.4 Å². The fourth-order valence-electron chi connectivity index (χ4n) is 3.41. The van der Waals surface area contributed by atoms with Crippen molar-refractivity contribution in [2.75, 3.05) is 0 Å². The number of rotatable bonds is 5. The number of H-pyrrole nitrogens is 2. The van der Waals surface area contributed by atoms with Gasteiger partial charge in [0.25, 0.3) is 5.62 Å². The minimum atomic E-state index is -0.512. The second kappa shape index (κ2) is 7.48. The van der Waals surface area contributed by atoms with E-state index in [1.54, 1.807) is 12.3 Å². The first-order chi connectivity index (χ1) is 16.1. The predicted octanol–water partition coefficient (Wildman–Crippen LogP) is 1.04. The molecule has 164 valence electrons. The number of benzene rings is 1. The average Bonchev–Trinajstić information content (AvgIpc) is 3.17. The smallest absolute Gasteiger partial charge is 0.327 e. The number of ether oxygens (including phenoxy) is 1. The number of hydrogen-bond donors (Lipinski definition) is 3. The van der Waals surface area contributed by atoms with E-state index in [-0.39, 0.29) is 23.6 Å². The summed E-state index contributed by atoms with van der Waals surface area (Å²) in [5.74, 6) is 0.306. The molecule has 0 bridgehead atoms. The molecule has 4 heterocycles.